The van der Waals surface area contributed by atoms with E-state index in [-0.39, 0.29) is 0 Å². The Kier molecular flexibility index (Phi) is 3.97. The number of rotatable bonds is 5. The van der Waals surface area contributed by atoms with Crippen molar-refractivity contribution < 1.29 is 14.0 Å². The first-order chi connectivity index (χ1) is 9.85. The van der Waals surface area contributed by atoms with Crippen LogP contribution in [-0.2, 0) is 17.6 Å². The molecular weight excluding hydrogens is 256 g/mol. The highest BCUT2D eigenvalue weighted by Crippen LogP contribution is 2.22. The van der Waals surface area contributed by atoms with Crippen LogP contribution in [0.5, 0.6) is 5.75 Å². The molecule has 1 aromatic carbocycles. The molecule has 0 bridgehead atoms. The number of hydrogen-bond donors (Lipinski definition) is 0. The number of benzene rings is 1. The Bertz CT molecular complexity index is 562. The molecule has 1 atom stereocenters. The molecule has 0 saturated carbocycles. The van der Waals surface area contributed by atoms with Crippen LogP contribution in [-0.4, -0.2) is 30.5 Å². The minimum absolute atomic E-state index is 0.296. The second-order valence-electron chi connectivity index (χ2n) is 4.96. The number of hydrogen-bond acceptors (Lipinski definition) is 5. The minimum Gasteiger partial charge on any atom is -0.497 e. The Morgan fingerprint density at radius 2 is 2.30 bits per heavy atom. The third kappa shape index (κ3) is 2.99. The normalized spacial score (nSPS) is 18.4. The molecule has 2 aromatic rings. The Labute approximate surface area is 117 Å². The molecule has 0 amide bonds. The van der Waals surface area contributed by atoms with E-state index in [2.05, 4.69) is 16.2 Å². The molecule has 1 saturated heterocycles. The van der Waals surface area contributed by atoms with Gasteiger partial charge in [-0.05, 0) is 30.5 Å². The van der Waals surface area contributed by atoms with E-state index < -0.39 is 0 Å². The van der Waals surface area contributed by atoms with Gasteiger partial charge in [0.15, 0.2) is 5.82 Å². The Hall–Kier alpha value is -1.88. The zero-order valence-corrected chi connectivity index (χ0v) is 11.5. The van der Waals surface area contributed by atoms with Gasteiger partial charge < -0.3 is 14.0 Å². The highest BCUT2D eigenvalue weighted by Gasteiger charge is 2.22. The zero-order chi connectivity index (χ0) is 13.8. The molecular formula is C15H18N2O3. The van der Waals surface area contributed by atoms with Gasteiger partial charge in [-0.2, -0.15) is 4.98 Å². The third-order valence-electron chi connectivity index (χ3n) is 3.54. The molecule has 5 nitrogen and oxygen atoms in total. The fourth-order valence-electron chi connectivity index (χ4n) is 2.35. The molecule has 0 aliphatic carbocycles. The SMILES string of the molecule is COc1cccc(CCc2nc(C3CCOC3)no2)c1. The van der Waals surface area contributed by atoms with Crippen molar-refractivity contribution in [2.75, 3.05) is 20.3 Å². The predicted molar refractivity (Wildman–Crippen MR) is 72.9 cm³/mol. The smallest absolute Gasteiger partial charge is 0.226 e. The van der Waals surface area contributed by atoms with Crippen LogP contribution in [0.15, 0.2) is 28.8 Å². The van der Waals surface area contributed by atoms with Crippen LogP contribution in [0.25, 0.3) is 0 Å². The van der Waals surface area contributed by atoms with Gasteiger partial charge in [-0.3, -0.25) is 0 Å². The van der Waals surface area contributed by atoms with Gasteiger partial charge in [-0.1, -0.05) is 17.3 Å². The van der Waals surface area contributed by atoms with Crippen molar-refractivity contribution in [2.45, 2.75) is 25.2 Å². The number of nitrogens with zero attached hydrogens (tertiary/aromatic N) is 2. The van der Waals surface area contributed by atoms with Crippen LogP contribution >= 0.6 is 0 Å². The summed E-state index contributed by atoms with van der Waals surface area (Å²) in [4.78, 5) is 4.46. The van der Waals surface area contributed by atoms with Gasteiger partial charge in [-0.15, -0.1) is 0 Å². The Morgan fingerprint density at radius 3 is 3.10 bits per heavy atom. The maximum absolute atomic E-state index is 5.34. The maximum Gasteiger partial charge on any atom is 0.226 e. The topological polar surface area (TPSA) is 57.4 Å². The van der Waals surface area contributed by atoms with E-state index in [1.54, 1.807) is 7.11 Å². The van der Waals surface area contributed by atoms with Crippen molar-refractivity contribution in [1.29, 1.82) is 0 Å². The van der Waals surface area contributed by atoms with Crippen molar-refractivity contribution in [1.82, 2.24) is 10.1 Å². The summed E-state index contributed by atoms with van der Waals surface area (Å²) in [5.74, 6) is 2.64. The van der Waals surface area contributed by atoms with Crippen LogP contribution < -0.4 is 4.74 Å². The molecule has 1 unspecified atom stereocenters. The lowest BCUT2D eigenvalue weighted by atomic mass is 10.1. The number of aromatic nitrogens is 2. The van der Waals surface area contributed by atoms with Gasteiger partial charge >= 0.3 is 0 Å². The molecule has 5 heteroatoms. The van der Waals surface area contributed by atoms with E-state index in [0.717, 1.165) is 37.4 Å². The summed E-state index contributed by atoms with van der Waals surface area (Å²) in [6.07, 6.45) is 2.59. The standard InChI is InChI=1S/C15H18N2O3/c1-18-13-4-2-3-11(9-13)5-6-14-16-15(17-20-14)12-7-8-19-10-12/h2-4,9,12H,5-8,10H2,1H3. The largest absolute Gasteiger partial charge is 0.497 e. The fraction of sp³-hybridized carbons (Fsp3) is 0.467. The van der Waals surface area contributed by atoms with Crippen LogP contribution in [0, 0.1) is 0 Å². The van der Waals surface area contributed by atoms with Crippen molar-refractivity contribution in [3.8, 4) is 5.75 Å². The van der Waals surface area contributed by atoms with Crippen LogP contribution in [0.3, 0.4) is 0 Å². The van der Waals surface area contributed by atoms with E-state index in [1.165, 1.54) is 5.56 Å². The maximum atomic E-state index is 5.34. The lowest BCUT2D eigenvalue weighted by Crippen LogP contribution is -2.00. The molecule has 0 N–H and O–H groups in total. The van der Waals surface area contributed by atoms with Crippen molar-refractivity contribution >= 4 is 0 Å². The molecule has 1 aromatic heterocycles. The molecule has 1 aliphatic rings. The van der Waals surface area contributed by atoms with E-state index in [1.807, 2.05) is 18.2 Å². The average Bonchev–Trinajstić information content (AvgIpc) is 3.16. The quantitative estimate of drug-likeness (QED) is 0.837. The first-order valence-corrected chi connectivity index (χ1v) is 6.88. The Morgan fingerprint density at radius 1 is 1.35 bits per heavy atom. The van der Waals surface area contributed by atoms with Crippen LogP contribution in [0.2, 0.25) is 0 Å². The van der Waals surface area contributed by atoms with Crippen LogP contribution in [0.4, 0.5) is 0 Å². The summed E-state index contributed by atoms with van der Waals surface area (Å²) in [5.41, 5.74) is 1.20. The molecule has 0 spiro atoms. The van der Waals surface area contributed by atoms with Crippen LogP contribution in [0.1, 0.15) is 29.6 Å². The summed E-state index contributed by atoms with van der Waals surface area (Å²) in [7, 11) is 1.67. The van der Waals surface area contributed by atoms with E-state index in [0.29, 0.717) is 18.4 Å². The molecule has 0 radical (unpaired) electrons. The van der Waals surface area contributed by atoms with Crippen molar-refractivity contribution in [3.63, 3.8) is 0 Å². The minimum atomic E-state index is 0.296. The first kappa shape index (κ1) is 13.1. The molecule has 1 fully saturated rings. The molecule has 2 heterocycles. The average molecular weight is 274 g/mol. The summed E-state index contributed by atoms with van der Waals surface area (Å²) < 4.78 is 15.9. The predicted octanol–water partition coefficient (Wildman–Crippen LogP) is 2.37. The summed E-state index contributed by atoms with van der Waals surface area (Å²) in [6, 6.07) is 8.03. The number of ether oxygens (including phenoxy) is 2. The van der Waals surface area contributed by atoms with Gasteiger partial charge in [0.05, 0.1) is 13.7 Å². The van der Waals surface area contributed by atoms with E-state index in [4.69, 9.17) is 14.0 Å². The molecule has 3 rings (SSSR count). The van der Waals surface area contributed by atoms with Gasteiger partial charge in [-0.25, -0.2) is 0 Å². The van der Waals surface area contributed by atoms with Crippen molar-refractivity contribution in [3.05, 3.63) is 41.5 Å². The second-order valence-corrected chi connectivity index (χ2v) is 4.96. The van der Waals surface area contributed by atoms with Crippen molar-refractivity contribution in [2.24, 2.45) is 0 Å². The van der Waals surface area contributed by atoms with Gasteiger partial charge in [0.1, 0.15) is 5.75 Å². The highest BCUT2D eigenvalue weighted by atomic mass is 16.5. The summed E-state index contributed by atoms with van der Waals surface area (Å²) >= 11 is 0. The van der Waals surface area contributed by atoms with Gasteiger partial charge in [0.25, 0.3) is 0 Å². The fourth-order valence-corrected chi connectivity index (χ4v) is 2.35. The molecule has 106 valence electrons. The summed E-state index contributed by atoms with van der Waals surface area (Å²) in [6.45, 7) is 1.49. The van der Waals surface area contributed by atoms with E-state index >= 15 is 0 Å². The van der Waals surface area contributed by atoms with Gasteiger partial charge in [0.2, 0.25) is 5.89 Å². The second kappa shape index (κ2) is 6.05. The lowest BCUT2D eigenvalue weighted by molar-refractivity contribution is 0.192. The monoisotopic (exact) mass is 274 g/mol. The van der Waals surface area contributed by atoms with E-state index in [9.17, 15) is 0 Å². The molecule has 1 aliphatic heterocycles. The molecule has 20 heavy (non-hydrogen) atoms. The summed E-state index contributed by atoms with van der Waals surface area (Å²) in [5, 5.41) is 4.05. The highest BCUT2D eigenvalue weighted by molar-refractivity contribution is 5.28. The lowest BCUT2D eigenvalue weighted by Gasteiger charge is -2.02. The number of aryl methyl sites for hydroxylation is 2. The first-order valence-electron chi connectivity index (χ1n) is 6.88. The zero-order valence-electron chi connectivity index (χ0n) is 11.5. The third-order valence-corrected chi connectivity index (χ3v) is 3.54. The van der Waals surface area contributed by atoms with Gasteiger partial charge in [0, 0.05) is 18.9 Å². The Balaban J connectivity index is 1.60. The number of methoxy groups -OCH3 is 1.